The van der Waals surface area contributed by atoms with E-state index in [-0.39, 0.29) is 0 Å². The summed E-state index contributed by atoms with van der Waals surface area (Å²) in [5.74, 6) is 0.560. The van der Waals surface area contributed by atoms with E-state index in [1.54, 1.807) is 13.0 Å². The van der Waals surface area contributed by atoms with E-state index in [1.807, 2.05) is 9.88 Å². The normalized spacial score (nSPS) is 16.4. The summed E-state index contributed by atoms with van der Waals surface area (Å²) in [6.07, 6.45) is -0.598. The Hall–Kier alpha value is -1.51. The van der Waals surface area contributed by atoms with Crippen molar-refractivity contribution in [3.05, 3.63) is 18.5 Å². The van der Waals surface area contributed by atoms with Crippen LogP contribution in [0.3, 0.4) is 0 Å². The van der Waals surface area contributed by atoms with Gasteiger partial charge in [-0.2, -0.15) is 13.2 Å². The second-order valence-corrected chi connectivity index (χ2v) is 6.42. The highest BCUT2D eigenvalue weighted by Crippen LogP contribution is 2.40. The first-order valence-corrected chi connectivity index (χ1v) is 7.75. The zero-order valence-electron chi connectivity index (χ0n) is 12.1. The van der Waals surface area contributed by atoms with Gasteiger partial charge in [-0.15, -0.1) is 16.8 Å². The summed E-state index contributed by atoms with van der Waals surface area (Å²) in [6.45, 7) is 4.40. The van der Waals surface area contributed by atoms with Crippen molar-refractivity contribution >= 4 is 17.7 Å². The van der Waals surface area contributed by atoms with Gasteiger partial charge in [-0.25, -0.2) is 0 Å². The number of nitrogens with zero attached hydrogens (tertiary/aromatic N) is 3. The van der Waals surface area contributed by atoms with E-state index in [0.717, 1.165) is 30.4 Å². The van der Waals surface area contributed by atoms with Gasteiger partial charge in [-0.3, -0.25) is 4.79 Å². The number of nitrogens with one attached hydrogen (secondary N) is 1. The van der Waals surface area contributed by atoms with E-state index >= 15 is 0 Å². The second-order valence-electron chi connectivity index (χ2n) is 5.11. The molecule has 22 heavy (non-hydrogen) atoms. The zero-order valence-corrected chi connectivity index (χ0v) is 12.9. The Labute approximate surface area is 130 Å². The summed E-state index contributed by atoms with van der Waals surface area (Å²) in [5, 5.41) is 9.89. The third-order valence-electron chi connectivity index (χ3n) is 3.11. The fourth-order valence-corrected chi connectivity index (χ4v) is 2.76. The van der Waals surface area contributed by atoms with Crippen LogP contribution in [0.2, 0.25) is 0 Å². The van der Waals surface area contributed by atoms with Gasteiger partial charge in [-0.05, 0) is 19.8 Å². The molecule has 5 nitrogen and oxygen atoms in total. The monoisotopic (exact) mass is 334 g/mol. The van der Waals surface area contributed by atoms with Gasteiger partial charge in [-0.1, -0.05) is 17.8 Å². The molecule has 0 bridgehead atoms. The number of carbonyl (C=O) groups excluding carboxylic acids is 1. The number of carbonyl (C=O) groups is 1. The van der Waals surface area contributed by atoms with Crippen molar-refractivity contribution < 1.29 is 18.0 Å². The Morgan fingerprint density at radius 1 is 1.55 bits per heavy atom. The van der Waals surface area contributed by atoms with Crippen LogP contribution in [0.4, 0.5) is 13.2 Å². The highest BCUT2D eigenvalue weighted by molar-refractivity contribution is 8.00. The van der Waals surface area contributed by atoms with Gasteiger partial charge in [0.2, 0.25) is 5.91 Å². The largest absolute Gasteiger partial charge is 0.405 e. The molecule has 0 aromatic carbocycles. The van der Waals surface area contributed by atoms with E-state index in [2.05, 4.69) is 16.8 Å². The van der Waals surface area contributed by atoms with Crippen LogP contribution in [0.15, 0.2) is 17.8 Å². The standard InChI is InChI=1S/C13H17F3N4OS/c1-3-6-20-10(9-4-5-9)18-19-12(20)22-8(2)11(21)17-7-13(14,15)16/h3,8-9H,1,4-7H2,2H3,(H,17,21). The molecular formula is C13H17F3N4OS. The van der Waals surface area contributed by atoms with Gasteiger partial charge >= 0.3 is 6.18 Å². The Morgan fingerprint density at radius 3 is 2.77 bits per heavy atom. The average molecular weight is 334 g/mol. The number of hydrogen-bond donors (Lipinski definition) is 1. The van der Waals surface area contributed by atoms with Crippen LogP contribution >= 0.6 is 11.8 Å². The molecule has 1 saturated carbocycles. The minimum atomic E-state index is -4.41. The molecule has 1 aliphatic carbocycles. The number of halogens is 3. The van der Waals surface area contributed by atoms with Crippen molar-refractivity contribution in [1.82, 2.24) is 20.1 Å². The molecule has 0 radical (unpaired) electrons. The highest BCUT2D eigenvalue weighted by atomic mass is 32.2. The number of amides is 1. The van der Waals surface area contributed by atoms with E-state index < -0.39 is 23.9 Å². The topological polar surface area (TPSA) is 59.8 Å². The number of allylic oxidation sites excluding steroid dienone is 1. The maximum Gasteiger partial charge on any atom is 0.405 e. The predicted molar refractivity (Wildman–Crippen MR) is 76.6 cm³/mol. The number of thioether (sulfide) groups is 1. The lowest BCUT2D eigenvalue weighted by molar-refractivity contribution is -0.137. The SMILES string of the molecule is C=CCn1c(SC(C)C(=O)NCC(F)(F)F)nnc1C1CC1. The van der Waals surface area contributed by atoms with E-state index in [9.17, 15) is 18.0 Å². The zero-order chi connectivity index (χ0) is 16.3. The Balaban J connectivity index is 2.00. The van der Waals surface area contributed by atoms with Gasteiger partial charge in [0.15, 0.2) is 5.16 Å². The first-order valence-electron chi connectivity index (χ1n) is 6.87. The Morgan fingerprint density at radius 2 is 2.23 bits per heavy atom. The number of hydrogen-bond acceptors (Lipinski definition) is 4. The fourth-order valence-electron chi connectivity index (χ4n) is 1.87. The van der Waals surface area contributed by atoms with E-state index in [1.165, 1.54) is 0 Å². The molecule has 1 aliphatic rings. The third kappa shape index (κ3) is 4.49. The number of aromatic nitrogens is 3. The molecule has 1 amide bonds. The van der Waals surface area contributed by atoms with Crippen molar-refractivity contribution in [3.8, 4) is 0 Å². The van der Waals surface area contributed by atoms with Crippen molar-refractivity contribution in [1.29, 1.82) is 0 Å². The summed E-state index contributed by atoms with van der Waals surface area (Å²) in [5.41, 5.74) is 0. The van der Waals surface area contributed by atoms with Crippen LogP contribution in [0.1, 0.15) is 31.5 Å². The predicted octanol–water partition coefficient (Wildman–Crippen LogP) is 2.50. The summed E-state index contributed by atoms with van der Waals surface area (Å²) in [4.78, 5) is 11.7. The Kier molecular flexibility index (Phi) is 5.15. The Bertz CT molecular complexity index is 554. The molecule has 2 rings (SSSR count). The van der Waals surface area contributed by atoms with Gasteiger partial charge < -0.3 is 9.88 Å². The molecule has 1 heterocycles. The van der Waals surface area contributed by atoms with Gasteiger partial charge in [0.05, 0.1) is 5.25 Å². The van der Waals surface area contributed by atoms with Gasteiger partial charge in [0.1, 0.15) is 12.4 Å². The van der Waals surface area contributed by atoms with Crippen molar-refractivity contribution in [2.75, 3.05) is 6.54 Å². The first-order chi connectivity index (χ1) is 10.3. The summed E-state index contributed by atoms with van der Waals surface area (Å²) in [7, 11) is 0. The molecule has 1 atom stereocenters. The lowest BCUT2D eigenvalue weighted by Gasteiger charge is -2.13. The van der Waals surface area contributed by atoms with Crippen LogP contribution in [0, 0.1) is 0 Å². The van der Waals surface area contributed by atoms with Crippen molar-refractivity contribution in [2.24, 2.45) is 0 Å². The van der Waals surface area contributed by atoms with Gasteiger partial charge in [0.25, 0.3) is 0 Å². The second kappa shape index (κ2) is 6.72. The van der Waals surface area contributed by atoms with Crippen LogP contribution in [0.25, 0.3) is 0 Å². The fraction of sp³-hybridized carbons (Fsp3) is 0.615. The van der Waals surface area contributed by atoms with E-state index in [0.29, 0.717) is 17.6 Å². The molecule has 9 heteroatoms. The molecule has 122 valence electrons. The maximum absolute atomic E-state index is 12.1. The van der Waals surface area contributed by atoms with Crippen LogP contribution < -0.4 is 5.32 Å². The molecule has 0 aliphatic heterocycles. The molecule has 0 spiro atoms. The summed E-state index contributed by atoms with van der Waals surface area (Å²) < 4.78 is 38.2. The summed E-state index contributed by atoms with van der Waals surface area (Å²) in [6, 6.07) is 0. The van der Waals surface area contributed by atoms with Crippen LogP contribution in [0.5, 0.6) is 0 Å². The van der Waals surface area contributed by atoms with Gasteiger partial charge in [0, 0.05) is 12.5 Å². The minimum Gasteiger partial charge on any atom is -0.346 e. The highest BCUT2D eigenvalue weighted by Gasteiger charge is 2.32. The molecule has 1 unspecified atom stereocenters. The lowest BCUT2D eigenvalue weighted by Crippen LogP contribution is -2.38. The first kappa shape index (κ1) is 16.9. The molecule has 1 N–H and O–H groups in total. The smallest absolute Gasteiger partial charge is 0.346 e. The average Bonchev–Trinajstić information content (AvgIpc) is 3.20. The lowest BCUT2D eigenvalue weighted by atomic mass is 10.4. The summed E-state index contributed by atoms with van der Waals surface area (Å²) >= 11 is 1.10. The van der Waals surface area contributed by atoms with Crippen LogP contribution in [-0.2, 0) is 11.3 Å². The molecule has 0 saturated heterocycles. The van der Waals surface area contributed by atoms with Crippen molar-refractivity contribution in [3.63, 3.8) is 0 Å². The van der Waals surface area contributed by atoms with E-state index in [4.69, 9.17) is 0 Å². The minimum absolute atomic E-state index is 0.385. The molecular weight excluding hydrogens is 317 g/mol. The number of alkyl halides is 3. The molecule has 1 aromatic rings. The third-order valence-corrected chi connectivity index (χ3v) is 4.19. The quantitative estimate of drug-likeness (QED) is 0.615. The van der Waals surface area contributed by atoms with Crippen LogP contribution in [-0.4, -0.2) is 38.6 Å². The maximum atomic E-state index is 12.1. The van der Waals surface area contributed by atoms with Crippen molar-refractivity contribution in [2.45, 2.75) is 48.8 Å². The molecule has 1 fully saturated rings. The molecule has 1 aromatic heterocycles. The number of rotatable bonds is 7.